The summed E-state index contributed by atoms with van der Waals surface area (Å²) >= 11 is 5.56. The van der Waals surface area contributed by atoms with Crippen LogP contribution < -0.4 is 10.1 Å². The summed E-state index contributed by atoms with van der Waals surface area (Å²) in [7, 11) is 0. The average molecular weight is 254 g/mol. The van der Waals surface area contributed by atoms with Gasteiger partial charge in [-0.15, -0.1) is 16.7 Å². The van der Waals surface area contributed by atoms with Gasteiger partial charge in [-0.1, -0.05) is 5.10 Å². The highest BCUT2D eigenvalue weighted by atomic mass is 35.5. The van der Waals surface area contributed by atoms with Gasteiger partial charge in [0, 0.05) is 5.69 Å². The lowest BCUT2D eigenvalue weighted by Crippen LogP contribution is -1.93. The predicted octanol–water partition coefficient (Wildman–Crippen LogP) is 2.95. The van der Waals surface area contributed by atoms with Gasteiger partial charge < -0.3 is 14.5 Å². The minimum absolute atomic E-state index is 0.206. The van der Waals surface area contributed by atoms with Crippen LogP contribution in [0.1, 0.15) is 12.8 Å². The molecule has 0 atom stereocenters. The second kappa shape index (κ2) is 5.54. The van der Waals surface area contributed by atoms with Crippen LogP contribution >= 0.6 is 11.6 Å². The maximum absolute atomic E-state index is 5.56. The number of hydrogen-bond acceptors (Lipinski definition) is 5. The van der Waals surface area contributed by atoms with Gasteiger partial charge in [-0.05, 0) is 31.2 Å². The number of hydrogen-bond donors (Lipinski definition) is 1. The van der Waals surface area contributed by atoms with E-state index in [4.69, 9.17) is 20.8 Å². The van der Waals surface area contributed by atoms with Gasteiger partial charge >= 0.3 is 6.01 Å². The first-order valence-electron chi connectivity index (χ1n) is 5.20. The predicted molar refractivity (Wildman–Crippen MR) is 64.7 cm³/mol. The summed E-state index contributed by atoms with van der Waals surface area (Å²) in [6, 6.07) is 7.80. The zero-order valence-corrected chi connectivity index (χ0v) is 10.1. The number of ether oxygens (including phenoxy) is 1. The van der Waals surface area contributed by atoms with Gasteiger partial charge in [-0.3, -0.25) is 0 Å². The van der Waals surface area contributed by atoms with Crippen LogP contribution in [-0.2, 0) is 5.88 Å². The van der Waals surface area contributed by atoms with Crippen molar-refractivity contribution < 1.29 is 9.15 Å². The fraction of sp³-hybridized carbons (Fsp3) is 0.273. The number of rotatable bonds is 5. The van der Waals surface area contributed by atoms with Crippen molar-refractivity contribution in [3.8, 4) is 5.75 Å². The minimum Gasteiger partial charge on any atom is -0.494 e. The first-order valence-corrected chi connectivity index (χ1v) is 5.73. The third-order valence-corrected chi connectivity index (χ3v) is 2.23. The number of halogens is 1. The molecule has 0 spiro atoms. The van der Waals surface area contributed by atoms with Gasteiger partial charge in [0.15, 0.2) is 0 Å². The third-order valence-electron chi connectivity index (χ3n) is 2.00. The summed E-state index contributed by atoms with van der Waals surface area (Å²) in [6.07, 6.45) is 0. The van der Waals surface area contributed by atoms with Crippen LogP contribution in [0.2, 0.25) is 0 Å². The number of alkyl halides is 1. The number of aromatic nitrogens is 2. The average Bonchev–Trinajstić information content (AvgIpc) is 2.80. The third kappa shape index (κ3) is 3.10. The van der Waals surface area contributed by atoms with Crippen LogP contribution in [0.3, 0.4) is 0 Å². The summed E-state index contributed by atoms with van der Waals surface area (Å²) in [6.45, 7) is 2.59. The lowest BCUT2D eigenvalue weighted by atomic mass is 10.3. The Kier molecular flexibility index (Phi) is 3.82. The molecule has 2 aromatic rings. The maximum Gasteiger partial charge on any atom is 0.320 e. The van der Waals surface area contributed by atoms with E-state index in [0.29, 0.717) is 18.5 Å². The maximum atomic E-state index is 5.56. The van der Waals surface area contributed by atoms with Gasteiger partial charge in [0.1, 0.15) is 11.6 Å². The van der Waals surface area contributed by atoms with Crippen molar-refractivity contribution in [3.63, 3.8) is 0 Å². The molecule has 1 heterocycles. The van der Waals surface area contributed by atoms with E-state index in [-0.39, 0.29) is 5.88 Å². The molecule has 0 aliphatic heterocycles. The summed E-state index contributed by atoms with van der Waals surface area (Å²) in [4.78, 5) is 0. The van der Waals surface area contributed by atoms with E-state index in [1.165, 1.54) is 0 Å². The van der Waals surface area contributed by atoms with Crippen LogP contribution in [-0.4, -0.2) is 16.8 Å². The Hall–Kier alpha value is -1.75. The molecule has 90 valence electrons. The van der Waals surface area contributed by atoms with Crippen LogP contribution in [0.25, 0.3) is 0 Å². The molecule has 5 nitrogen and oxygen atoms in total. The van der Waals surface area contributed by atoms with E-state index < -0.39 is 0 Å². The summed E-state index contributed by atoms with van der Waals surface area (Å²) in [5.41, 5.74) is 0.846. The Labute approximate surface area is 104 Å². The zero-order valence-electron chi connectivity index (χ0n) is 9.31. The van der Waals surface area contributed by atoms with Gasteiger partial charge in [0.05, 0.1) is 6.61 Å². The molecule has 0 unspecified atom stereocenters. The topological polar surface area (TPSA) is 60.2 Å². The monoisotopic (exact) mass is 253 g/mol. The SMILES string of the molecule is CCOc1ccc(Nc2nnc(CCl)o2)cc1. The largest absolute Gasteiger partial charge is 0.494 e. The van der Waals surface area contributed by atoms with Crippen molar-refractivity contribution in [1.82, 2.24) is 10.2 Å². The molecule has 0 aliphatic carbocycles. The van der Waals surface area contributed by atoms with Crippen molar-refractivity contribution in [2.24, 2.45) is 0 Å². The Balaban J connectivity index is 2.03. The van der Waals surface area contributed by atoms with Crippen molar-refractivity contribution in [2.45, 2.75) is 12.8 Å². The van der Waals surface area contributed by atoms with Crippen LogP contribution in [0, 0.1) is 0 Å². The Bertz CT molecular complexity index is 470. The Morgan fingerprint density at radius 2 is 2.06 bits per heavy atom. The molecule has 6 heteroatoms. The van der Waals surface area contributed by atoms with Gasteiger partial charge in [0.2, 0.25) is 5.89 Å². The minimum atomic E-state index is 0.206. The molecular weight excluding hydrogens is 242 g/mol. The molecule has 1 aromatic carbocycles. The van der Waals surface area contributed by atoms with Crippen LogP contribution in [0.4, 0.5) is 11.7 Å². The van der Waals surface area contributed by atoms with E-state index in [9.17, 15) is 0 Å². The molecule has 0 amide bonds. The van der Waals surface area contributed by atoms with E-state index in [1.807, 2.05) is 31.2 Å². The fourth-order valence-electron chi connectivity index (χ4n) is 1.28. The van der Waals surface area contributed by atoms with Crippen molar-refractivity contribution in [1.29, 1.82) is 0 Å². The summed E-state index contributed by atoms with van der Waals surface area (Å²) < 4.78 is 10.6. The normalized spacial score (nSPS) is 10.2. The second-order valence-electron chi connectivity index (χ2n) is 3.22. The van der Waals surface area contributed by atoms with Crippen molar-refractivity contribution in [2.75, 3.05) is 11.9 Å². The lowest BCUT2D eigenvalue weighted by Gasteiger charge is -2.04. The van der Waals surface area contributed by atoms with E-state index >= 15 is 0 Å². The molecule has 1 aromatic heterocycles. The Morgan fingerprint density at radius 1 is 1.29 bits per heavy atom. The highest BCUT2D eigenvalue weighted by Gasteiger charge is 2.04. The van der Waals surface area contributed by atoms with Crippen LogP contribution in [0.15, 0.2) is 28.7 Å². The first kappa shape index (κ1) is 11.7. The number of anilines is 2. The van der Waals surface area contributed by atoms with Crippen molar-refractivity contribution >= 4 is 23.3 Å². The molecule has 17 heavy (non-hydrogen) atoms. The fourth-order valence-corrected chi connectivity index (χ4v) is 1.39. The van der Waals surface area contributed by atoms with Gasteiger partial charge in [-0.25, -0.2) is 0 Å². The highest BCUT2D eigenvalue weighted by molar-refractivity contribution is 6.16. The molecule has 0 radical (unpaired) electrons. The summed E-state index contributed by atoms with van der Waals surface area (Å²) in [5, 5.41) is 10.5. The molecule has 1 N–H and O–H groups in total. The number of nitrogens with one attached hydrogen (secondary N) is 1. The van der Waals surface area contributed by atoms with Crippen LogP contribution in [0.5, 0.6) is 5.75 Å². The molecule has 0 bridgehead atoms. The molecular formula is C11H12ClN3O2. The molecule has 2 rings (SSSR count). The highest BCUT2D eigenvalue weighted by Crippen LogP contribution is 2.19. The summed E-state index contributed by atoms with van der Waals surface area (Å²) in [5.74, 6) is 1.42. The molecule has 0 aliphatic rings. The number of nitrogens with zero attached hydrogens (tertiary/aromatic N) is 2. The number of benzene rings is 1. The molecule has 0 fully saturated rings. The second-order valence-corrected chi connectivity index (χ2v) is 3.48. The quantitative estimate of drug-likeness (QED) is 0.830. The molecule has 0 saturated heterocycles. The lowest BCUT2D eigenvalue weighted by molar-refractivity contribution is 0.340. The first-order chi connectivity index (χ1) is 8.31. The smallest absolute Gasteiger partial charge is 0.320 e. The Morgan fingerprint density at radius 3 is 2.65 bits per heavy atom. The van der Waals surface area contributed by atoms with Gasteiger partial charge in [-0.2, -0.15) is 0 Å². The van der Waals surface area contributed by atoms with Gasteiger partial charge in [0.25, 0.3) is 0 Å². The van der Waals surface area contributed by atoms with E-state index in [1.54, 1.807) is 0 Å². The van der Waals surface area contributed by atoms with E-state index in [2.05, 4.69) is 15.5 Å². The zero-order chi connectivity index (χ0) is 12.1. The van der Waals surface area contributed by atoms with Crippen molar-refractivity contribution in [3.05, 3.63) is 30.2 Å². The van der Waals surface area contributed by atoms with E-state index in [0.717, 1.165) is 11.4 Å². The molecule has 0 saturated carbocycles. The standard InChI is InChI=1S/C11H12ClN3O2/c1-2-16-9-5-3-8(4-6-9)13-11-15-14-10(7-12)17-11/h3-6H,2,7H2,1H3,(H,13,15).